The molecule has 3 rings (SSSR count). The van der Waals surface area contributed by atoms with Gasteiger partial charge < -0.3 is 15.8 Å². The molecule has 0 fully saturated rings. The normalized spacial score (nSPS) is 11.2. The van der Waals surface area contributed by atoms with Crippen LogP contribution in [0.15, 0.2) is 30.3 Å². The van der Waals surface area contributed by atoms with Gasteiger partial charge in [0.1, 0.15) is 0 Å². The van der Waals surface area contributed by atoms with E-state index in [0.717, 1.165) is 50.6 Å². The van der Waals surface area contributed by atoms with Crippen molar-refractivity contribution in [3.8, 4) is 10.6 Å². The van der Waals surface area contributed by atoms with E-state index < -0.39 is 5.97 Å². The zero-order chi connectivity index (χ0) is 16.4. The third-order valence-corrected chi connectivity index (χ3v) is 5.10. The number of fused-ring (bicyclic) bond motifs is 1. The molecule has 2 heterocycles. The van der Waals surface area contributed by atoms with Gasteiger partial charge in [-0.3, -0.25) is 0 Å². The molecule has 0 aliphatic rings. The maximum atomic E-state index is 11.3. The number of aryl methyl sites for hydroxylation is 1. The van der Waals surface area contributed by atoms with E-state index in [9.17, 15) is 9.90 Å². The van der Waals surface area contributed by atoms with Crippen LogP contribution in [0.1, 0.15) is 28.8 Å². The first-order valence-corrected chi connectivity index (χ1v) is 8.63. The van der Waals surface area contributed by atoms with Crippen LogP contribution in [0.4, 0.5) is 0 Å². The molecule has 4 nitrogen and oxygen atoms in total. The van der Waals surface area contributed by atoms with Gasteiger partial charge in [-0.15, -0.1) is 11.3 Å². The molecule has 0 spiro atoms. The van der Waals surface area contributed by atoms with E-state index in [4.69, 9.17) is 17.3 Å². The second-order valence-electron chi connectivity index (χ2n) is 5.39. The standard InChI is InChI=1S/C17H17ClN2O2S/c18-15-7-6-14(23-15)16-11(3-1-2-8-19)12-9-10(17(21)22)4-5-13(12)20-16/h4-7,9,20H,1-3,8,19H2,(H,21,22). The highest BCUT2D eigenvalue weighted by molar-refractivity contribution is 7.19. The van der Waals surface area contributed by atoms with Gasteiger partial charge in [-0.05, 0) is 61.7 Å². The molecular weight excluding hydrogens is 332 g/mol. The number of rotatable bonds is 6. The van der Waals surface area contributed by atoms with Crippen molar-refractivity contribution in [1.29, 1.82) is 0 Å². The van der Waals surface area contributed by atoms with Crippen LogP contribution in [-0.2, 0) is 6.42 Å². The predicted molar refractivity (Wildman–Crippen MR) is 95.6 cm³/mol. The average molecular weight is 349 g/mol. The summed E-state index contributed by atoms with van der Waals surface area (Å²) < 4.78 is 0.734. The van der Waals surface area contributed by atoms with E-state index >= 15 is 0 Å². The molecule has 120 valence electrons. The number of nitrogens with one attached hydrogen (secondary N) is 1. The molecule has 3 aromatic rings. The van der Waals surface area contributed by atoms with Crippen molar-refractivity contribution in [3.63, 3.8) is 0 Å². The fraction of sp³-hybridized carbons (Fsp3) is 0.235. The number of hydrogen-bond donors (Lipinski definition) is 3. The minimum Gasteiger partial charge on any atom is -0.478 e. The van der Waals surface area contributed by atoms with Gasteiger partial charge in [0.2, 0.25) is 0 Å². The van der Waals surface area contributed by atoms with Gasteiger partial charge in [-0.1, -0.05) is 11.6 Å². The van der Waals surface area contributed by atoms with Crippen LogP contribution < -0.4 is 5.73 Å². The summed E-state index contributed by atoms with van der Waals surface area (Å²) in [7, 11) is 0. The number of thiophene rings is 1. The monoisotopic (exact) mass is 348 g/mol. The summed E-state index contributed by atoms with van der Waals surface area (Å²) in [5.41, 5.74) is 9.00. The highest BCUT2D eigenvalue weighted by atomic mass is 35.5. The fourth-order valence-corrected chi connectivity index (χ4v) is 3.82. The Morgan fingerprint density at radius 1 is 1.26 bits per heavy atom. The fourth-order valence-electron chi connectivity index (χ4n) is 2.75. The summed E-state index contributed by atoms with van der Waals surface area (Å²) in [6.45, 7) is 0.656. The molecule has 23 heavy (non-hydrogen) atoms. The van der Waals surface area contributed by atoms with E-state index in [1.54, 1.807) is 12.1 Å². The molecule has 0 radical (unpaired) electrons. The predicted octanol–water partition coefficient (Wildman–Crippen LogP) is 4.53. The van der Waals surface area contributed by atoms with Crippen LogP contribution in [-0.4, -0.2) is 22.6 Å². The number of carboxylic acids is 1. The number of aromatic amines is 1. The number of nitrogens with two attached hydrogens (primary N) is 1. The van der Waals surface area contributed by atoms with E-state index in [2.05, 4.69) is 4.98 Å². The van der Waals surface area contributed by atoms with E-state index in [1.807, 2.05) is 18.2 Å². The molecule has 1 aromatic carbocycles. The van der Waals surface area contributed by atoms with Crippen molar-refractivity contribution in [3.05, 3.63) is 45.8 Å². The maximum absolute atomic E-state index is 11.3. The lowest BCUT2D eigenvalue weighted by molar-refractivity contribution is 0.0697. The first kappa shape index (κ1) is 16.1. The number of carboxylic acid groups (broad SMARTS) is 1. The van der Waals surface area contributed by atoms with Gasteiger partial charge in [0.15, 0.2) is 0 Å². The average Bonchev–Trinajstić information content (AvgIpc) is 3.11. The zero-order valence-corrected chi connectivity index (χ0v) is 14.0. The Kier molecular flexibility index (Phi) is 4.71. The lowest BCUT2D eigenvalue weighted by atomic mass is 10.0. The topological polar surface area (TPSA) is 79.1 Å². The van der Waals surface area contributed by atoms with Crippen molar-refractivity contribution in [2.75, 3.05) is 6.54 Å². The van der Waals surface area contributed by atoms with Gasteiger partial charge >= 0.3 is 5.97 Å². The second-order valence-corrected chi connectivity index (χ2v) is 7.11. The molecule has 0 bridgehead atoms. The van der Waals surface area contributed by atoms with E-state index in [0.29, 0.717) is 12.1 Å². The molecule has 2 aromatic heterocycles. The minimum absolute atomic E-state index is 0.298. The summed E-state index contributed by atoms with van der Waals surface area (Å²) in [5.74, 6) is -0.915. The van der Waals surface area contributed by atoms with Crippen LogP contribution in [0.2, 0.25) is 4.34 Å². The number of benzene rings is 1. The summed E-state index contributed by atoms with van der Waals surface area (Å²) in [5, 5.41) is 10.2. The van der Waals surface area contributed by atoms with Gasteiger partial charge in [0, 0.05) is 10.9 Å². The molecule has 0 unspecified atom stereocenters. The number of aromatic carboxylic acids is 1. The number of aromatic nitrogens is 1. The Labute approximate surface area is 142 Å². The number of carbonyl (C=O) groups is 1. The Hall–Kier alpha value is -1.82. The van der Waals surface area contributed by atoms with Gasteiger partial charge in [-0.25, -0.2) is 4.79 Å². The molecule has 0 aliphatic heterocycles. The van der Waals surface area contributed by atoms with Crippen molar-refractivity contribution < 1.29 is 9.90 Å². The van der Waals surface area contributed by atoms with Crippen LogP contribution >= 0.6 is 22.9 Å². The van der Waals surface area contributed by atoms with Crippen molar-refractivity contribution >= 4 is 39.8 Å². The van der Waals surface area contributed by atoms with Crippen LogP contribution in [0.5, 0.6) is 0 Å². The SMILES string of the molecule is NCCCCc1c(-c2ccc(Cl)s2)[nH]c2ccc(C(=O)O)cc12. The van der Waals surface area contributed by atoms with Crippen molar-refractivity contribution in [2.24, 2.45) is 5.73 Å². The van der Waals surface area contributed by atoms with E-state index in [-0.39, 0.29) is 0 Å². The number of halogens is 1. The first-order chi connectivity index (χ1) is 11.1. The minimum atomic E-state index is -0.915. The Morgan fingerprint density at radius 2 is 2.09 bits per heavy atom. The quantitative estimate of drug-likeness (QED) is 0.572. The number of unbranched alkanes of at least 4 members (excludes halogenated alkanes) is 1. The summed E-state index contributed by atoms with van der Waals surface area (Å²) >= 11 is 7.58. The van der Waals surface area contributed by atoms with Gasteiger partial charge in [-0.2, -0.15) is 0 Å². The molecule has 0 aliphatic carbocycles. The molecule has 0 atom stereocenters. The third kappa shape index (κ3) is 3.27. The highest BCUT2D eigenvalue weighted by Crippen LogP contribution is 2.37. The van der Waals surface area contributed by atoms with Crippen molar-refractivity contribution in [1.82, 2.24) is 4.98 Å². The van der Waals surface area contributed by atoms with Gasteiger partial charge in [0.25, 0.3) is 0 Å². The lowest BCUT2D eigenvalue weighted by Crippen LogP contribution is -1.99. The van der Waals surface area contributed by atoms with Crippen LogP contribution in [0.3, 0.4) is 0 Å². The van der Waals surface area contributed by atoms with Gasteiger partial charge in [0.05, 0.1) is 20.5 Å². The molecule has 0 amide bonds. The Morgan fingerprint density at radius 3 is 2.74 bits per heavy atom. The van der Waals surface area contributed by atoms with Crippen molar-refractivity contribution in [2.45, 2.75) is 19.3 Å². The number of H-pyrrole nitrogens is 1. The Bertz CT molecular complexity index is 854. The number of hydrogen-bond acceptors (Lipinski definition) is 3. The molecule has 0 saturated carbocycles. The maximum Gasteiger partial charge on any atom is 0.335 e. The smallest absolute Gasteiger partial charge is 0.335 e. The molecule has 0 saturated heterocycles. The van der Waals surface area contributed by atoms with E-state index in [1.165, 1.54) is 11.3 Å². The first-order valence-electron chi connectivity index (χ1n) is 7.44. The summed E-state index contributed by atoms with van der Waals surface area (Å²) in [6.07, 6.45) is 2.76. The highest BCUT2D eigenvalue weighted by Gasteiger charge is 2.16. The van der Waals surface area contributed by atoms with Crippen LogP contribution in [0, 0.1) is 0 Å². The lowest BCUT2D eigenvalue weighted by Gasteiger charge is -2.03. The second kappa shape index (κ2) is 6.74. The molecule has 4 N–H and O–H groups in total. The molecule has 6 heteroatoms. The van der Waals surface area contributed by atoms with Crippen LogP contribution in [0.25, 0.3) is 21.5 Å². The zero-order valence-electron chi connectivity index (χ0n) is 12.4. The summed E-state index contributed by atoms with van der Waals surface area (Å²) in [6, 6.07) is 9.05. The largest absolute Gasteiger partial charge is 0.478 e. The third-order valence-electron chi connectivity index (χ3n) is 3.85. The Balaban J connectivity index is 2.13. The molecular formula is C17H17ClN2O2S. The summed E-state index contributed by atoms with van der Waals surface area (Å²) in [4.78, 5) is 15.7.